The molecule has 0 aliphatic heterocycles. The Balaban J connectivity index is 1.89. The molecule has 2 N–H and O–H groups in total. The van der Waals surface area contributed by atoms with Gasteiger partial charge in [-0.2, -0.15) is 5.10 Å². The molecule has 21 heavy (non-hydrogen) atoms. The Kier molecular flexibility index (Phi) is 3.86. The zero-order valence-electron chi connectivity index (χ0n) is 11.1. The summed E-state index contributed by atoms with van der Waals surface area (Å²) >= 11 is 11.9. The Bertz CT molecular complexity index is 763. The van der Waals surface area contributed by atoms with Gasteiger partial charge in [0.15, 0.2) is 0 Å². The molecule has 2 aromatic carbocycles. The second-order valence-electron chi connectivity index (χ2n) is 4.77. The van der Waals surface area contributed by atoms with Crippen LogP contribution in [0.5, 0.6) is 0 Å². The second-order valence-corrected chi connectivity index (χ2v) is 5.64. The van der Waals surface area contributed by atoms with Gasteiger partial charge in [0.05, 0.1) is 12.2 Å². The van der Waals surface area contributed by atoms with E-state index in [0.29, 0.717) is 22.3 Å². The Hall–Kier alpha value is -1.97. The minimum atomic E-state index is 0.623. The first-order chi connectivity index (χ1) is 10.1. The smallest absolute Gasteiger partial charge is 0.115 e. The van der Waals surface area contributed by atoms with Gasteiger partial charge in [0.25, 0.3) is 0 Å². The van der Waals surface area contributed by atoms with E-state index in [9.17, 15) is 0 Å². The number of hydrogen-bond acceptors (Lipinski definition) is 2. The van der Waals surface area contributed by atoms with Crippen molar-refractivity contribution in [2.75, 3.05) is 5.73 Å². The van der Waals surface area contributed by atoms with Crippen molar-refractivity contribution in [3.05, 3.63) is 70.3 Å². The number of aromatic nitrogens is 2. The Morgan fingerprint density at radius 3 is 2.48 bits per heavy atom. The van der Waals surface area contributed by atoms with Crippen LogP contribution in [0, 0.1) is 0 Å². The van der Waals surface area contributed by atoms with Gasteiger partial charge in [-0.15, -0.1) is 0 Å². The minimum absolute atomic E-state index is 0.623. The van der Waals surface area contributed by atoms with Crippen LogP contribution in [0.2, 0.25) is 10.0 Å². The highest BCUT2D eigenvalue weighted by Crippen LogP contribution is 2.25. The van der Waals surface area contributed by atoms with E-state index in [4.69, 9.17) is 28.9 Å². The van der Waals surface area contributed by atoms with Crippen LogP contribution in [0.3, 0.4) is 0 Å². The average molecular weight is 318 g/mol. The number of nitrogen functional groups attached to an aromatic ring is 1. The summed E-state index contributed by atoms with van der Waals surface area (Å²) < 4.78 is 1.81. The maximum Gasteiger partial charge on any atom is 0.115 e. The maximum atomic E-state index is 6.05. The first-order valence-electron chi connectivity index (χ1n) is 6.45. The SMILES string of the molecule is Nc1cn(Cc2cccc(Cl)c2)nc1-c1ccc(Cl)cc1. The number of hydrogen-bond donors (Lipinski definition) is 1. The number of halogens is 2. The molecule has 0 fully saturated rings. The number of anilines is 1. The Labute approximate surface area is 132 Å². The monoisotopic (exact) mass is 317 g/mol. The van der Waals surface area contributed by atoms with E-state index in [-0.39, 0.29) is 0 Å². The van der Waals surface area contributed by atoms with Gasteiger partial charge < -0.3 is 5.73 Å². The molecule has 0 aliphatic carbocycles. The van der Waals surface area contributed by atoms with Crippen LogP contribution in [0.25, 0.3) is 11.3 Å². The third kappa shape index (κ3) is 3.20. The van der Waals surface area contributed by atoms with Gasteiger partial charge in [0, 0.05) is 21.8 Å². The van der Waals surface area contributed by atoms with E-state index in [1.807, 2.05) is 59.4 Å². The van der Waals surface area contributed by atoms with E-state index in [1.165, 1.54) is 0 Å². The molecule has 0 saturated heterocycles. The molecule has 0 unspecified atom stereocenters. The van der Waals surface area contributed by atoms with Crippen LogP contribution in [0.4, 0.5) is 5.69 Å². The molecule has 3 aromatic rings. The van der Waals surface area contributed by atoms with Crippen LogP contribution in [-0.4, -0.2) is 9.78 Å². The molecule has 106 valence electrons. The summed E-state index contributed by atoms with van der Waals surface area (Å²) in [5, 5.41) is 5.94. The Morgan fingerprint density at radius 1 is 1.00 bits per heavy atom. The van der Waals surface area contributed by atoms with Crippen LogP contribution in [0.15, 0.2) is 54.7 Å². The largest absolute Gasteiger partial charge is 0.396 e. The quantitative estimate of drug-likeness (QED) is 0.773. The van der Waals surface area contributed by atoms with E-state index < -0.39 is 0 Å². The molecule has 1 aromatic heterocycles. The van der Waals surface area contributed by atoms with Crippen LogP contribution in [-0.2, 0) is 6.54 Å². The highest BCUT2D eigenvalue weighted by Gasteiger charge is 2.09. The summed E-state index contributed by atoms with van der Waals surface area (Å²) in [4.78, 5) is 0. The predicted molar refractivity (Wildman–Crippen MR) is 87.6 cm³/mol. The lowest BCUT2D eigenvalue weighted by Gasteiger charge is -2.02. The van der Waals surface area contributed by atoms with Crippen molar-refractivity contribution in [1.82, 2.24) is 9.78 Å². The third-order valence-corrected chi connectivity index (χ3v) is 3.63. The molecule has 0 spiro atoms. The summed E-state index contributed by atoms with van der Waals surface area (Å²) in [7, 11) is 0. The predicted octanol–water partition coefficient (Wildman–Crippen LogP) is 4.49. The fourth-order valence-electron chi connectivity index (χ4n) is 2.17. The molecule has 0 atom stereocenters. The lowest BCUT2D eigenvalue weighted by Crippen LogP contribution is -2.00. The van der Waals surface area contributed by atoms with Gasteiger partial charge in [0.2, 0.25) is 0 Å². The molecule has 0 saturated carbocycles. The van der Waals surface area contributed by atoms with Crippen molar-refractivity contribution in [1.29, 1.82) is 0 Å². The van der Waals surface area contributed by atoms with Gasteiger partial charge in [-0.05, 0) is 29.8 Å². The topological polar surface area (TPSA) is 43.8 Å². The molecule has 0 bridgehead atoms. The van der Waals surface area contributed by atoms with Crippen LogP contribution >= 0.6 is 23.2 Å². The molecule has 3 nitrogen and oxygen atoms in total. The highest BCUT2D eigenvalue weighted by molar-refractivity contribution is 6.30. The Morgan fingerprint density at radius 2 is 1.76 bits per heavy atom. The van der Waals surface area contributed by atoms with E-state index in [2.05, 4.69) is 5.10 Å². The van der Waals surface area contributed by atoms with Gasteiger partial charge in [-0.3, -0.25) is 4.68 Å². The minimum Gasteiger partial charge on any atom is -0.396 e. The molecule has 0 aliphatic rings. The highest BCUT2D eigenvalue weighted by atomic mass is 35.5. The van der Waals surface area contributed by atoms with Crippen LogP contribution in [0.1, 0.15) is 5.56 Å². The fraction of sp³-hybridized carbons (Fsp3) is 0.0625. The first kappa shape index (κ1) is 14.0. The van der Waals surface area contributed by atoms with Gasteiger partial charge >= 0.3 is 0 Å². The summed E-state index contributed by atoms with van der Waals surface area (Å²) in [5.41, 5.74) is 9.47. The van der Waals surface area contributed by atoms with Gasteiger partial charge in [-0.25, -0.2) is 0 Å². The standard InChI is InChI=1S/C16H13Cl2N3/c17-13-6-4-12(5-7-13)16-15(19)10-21(20-16)9-11-2-1-3-14(18)8-11/h1-8,10H,9,19H2. The van der Waals surface area contributed by atoms with Crippen molar-refractivity contribution >= 4 is 28.9 Å². The van der Waals surface area contributed by atoms with Crippen molar-refractivity contribution in [3.63, 3.8) is 0 Å². The molecule has 0 radical (unpaired) electrons. The van der Waals surface area contributed by atoms with Crippen molar-refractivity contribution in [2.24, 2.45) is 0 Å². The van der Waals surface area contributed by atoms with E-state index in [1.54, 1.807) is 0 Å². The molecule has 0 amide bonds. The fourth-order valence-corrected chi connectivity index (χ4v) is 2.51. The second kappa shape index (κ2) is 5.80. The molecule has 3 rings (SSSR count). The van der Waals surface area contributed by atoms with Crippen molar-refractivity contribution in [2.45, 2.75) is 6.54 Å². The van der Waals surface area contributed by atoms with Crippen LogP contribution < -0.4 is 5.73 Å². The maximum absolute atomic E-state index is 6.05. The number of rotatable bonds is 3. The summed E-state index contributed by atoms with van der Waals surface area (Å²) in [6, 6.07) is 15.2. The number of nitrogens with zero attached hydrogens (tertiary/aromatic N) is 2. The lowest BCUT2D eigenvalue weighted by molar-refractivity contribution is 0.689. The van der Waals surface area contributed by atoms with Gasteiger partial charge in [-0.1, -0.05) is 47.5 Å². The van der Waals surface area contributed by atoms with Gasteiger partial charge in [0.1, 0.15) is 5.69 Å². The molecule has 5 heteroatoms. The number of benzene rings is 2. The van der Waals surface area contributed by atoms with E-state index >= 15 is 0 Å². The van der Waals surface area contributed by atoms with Crippen molar-refractivity contribution < 1.29 is 0 Å². The molecular weight excluding hydrogens is 305 g/mol. The zero-order chi connectivity index (χ0) is 14.8. The van der Waals surface area contributed by atoms with E-state index in [0.717, 1.165) is 16.8 Å². The number of nitrogens with two attached hydrogens (primary N) is 1. The lowest BCUT2D eigenvalue weighted by atomic mass is 10.1. The molecule has 1 heterocycles. The first-order valence-corrected chi connectivity index (χ1v) is 7.21. The normalized spacial score (nSPS) is 10.8. The zero-order valence-corrected chi connectivity index (χ0v) is 12.6. The average Bonchev–Trinajstić information content (AvgIpc) is 2.80. The van der Waals surface area contributed by atoms with Crippen molar-refractivity contribution in [3.8, 4) is 11.3 Å². The summed E-state index contributed by atoms with van der Waals surface area (Å²) in [5.74, 6) is 0. The summed E-state index contributed by atoms with van der Waals surface area (Å²) in [6.07, 6.45) is 1.82. The molecular formula is C16H13Cl2N3. The summed E-state index contributed by atoms with van der Waals surface area (Å²) in [6.45, 7) is 0.623. The third-order valence-electron chi connectivity index (χ3n) is 3.14.